The summed E-state index contributed by atoms with van der Waals surface area (Å²) in [6.45, 7) is 4.76. The molecule has 0 fully saturated rings. The first-order chi connectivity index (χ1) is 21.6. The van der Waals surface area contributed by atoms with E-state index in [2.05, 4.69) is 13.8 Å². The number of rotatable bonds is 34. The second kappa shape index (κ2) is 29.9. The molecule has 0 aromatic rings. The van der Waals surface area contributed by atoms with Gasteiger partial charge in [0.25, 0.3) is 0 Å². The molecule has 0 radical (unpaired) electrons. The quantitative estimate of drug-likeness (QED) is 0.0303. The highest BCUT2D eigenvalue weighted by atomic mass is 16.5. The number of carboxylic acids is 1. The van der Waals surface area contributed by atoms with Gasteiger partial charge in [0.05, 0.1) is 33.0 Å². The van der Waals surface area contributed by atoms with Gasteiger partial charge in [-0.15, -0.1) is 0 Å². The Bertz CT molecular complexity index is 717. The average Bonchev–Trinajstić information content (AvgIpc) is 2.97. The van der Waals surface area contributed by atoms with Crippen LogP contribution in [0.1, 0.15) is 194 Å². The Morgan fingerprint density at radius 3 is 1.24 bits per heavy atom. The average molecular weight is 640 g/mol. The summed E-state index contributed by atoms with van der Waals surface area (Å²) in [5.74, 6) is -3.61. The van der Waals surface area contributed by atoms with Crippen LogP contribution in [0.4, 0.5) is 0 Å². The lowest BCUT2D eigenvalue weighted by molar-refractivity contribution is -0.873. The van der Waals surface area contributed by atoms with Crippen molar-refractivity contribution in [3.63, 3.8) is 0 Å². The lowest BCUT2D eigenvalue weighted by Crippen LogP contribution is -2.52. The largest absolute Gasteiger partial charge is 0.549 e. The van der Waals surface area contributed by atoms with Crippen LogP contribution < -0.4 is 5.11 Å². The predicted molar refractivity (Wildman–Crippen MR) is 187 cm³/mol. The zero-order chi connectivity index (χ0) is 33.6. The molecule has 2 unspecified atom stereocenters. The number of carbonyl (C=O) groups excluding carboxylic acids is 3. The number of unbranched alkanes of at least 4 members (excludes halogenated alkanes) is 24. The Hall–Kier alpha value is -1.43. The number of carboxylic acid groups (broad SMARTS) is 1. The fourth-order valence-electron chi connectivity index (χ4n) is 6.23. The zero-order valence-electron chi connectivity index (χ0n) is 30.6. The number of esters is 1. The van der Waals surface area contributed by atoms with Gasteiger partial charge in [-0.05, 0) is 12.8 Å². The van der Waals surface area contributed by atoms with E-state index in [1.165, 1.54) is 122 Å². The van der Waals surface area contributed by atoms with E-state index in [0.717, 1.165) is 38.5 Å². The van der Waals surface area contributed by atoms with Crippen LogP contribution in [0.3, 0.4) is 0 Å². The molecule has 45 heavy (non-hydrogen) atoms. The molecule has 0 rings (SSSR count). The Balaban J connectivity index is 4.32. The zero-order valence-corrected chi connectivity index (χ0v) is 30.6. The minimum Gasteiger partial charge on any atom is -0.549 e. The topological polar surface area (TPSA) is 83.5 Å². The fraction of sp³-hybridized carbons (Fsp3) is 0.923. The molecule has 0 heterocycles. The molecule has 0 bridgehead atoms. The maximum absolute atomic E-state index is 13.1. The number of quaternary nitrogens is 1. The molecule has 0 saturated heterocycles. The normalized spacial score (nSPS) is 13.1. The first-order valence-electron chi connectivity index (χ1n) is 19.4. The third-order valence-electron chi connectivity index (χ3n) is 8.99. The summed E-state index contributed by atoms with van der Waals surface area (Å²) < 4.78 is 6.10. The summed E-state index contributed by atoms with van der Waals surface area (Å²) in [7, 11) is 5.74. The summed E-state index contributed by atoms with van der Waals surface area (Å²) in [5, 5.41) is 12.1. The van der Waals surface area contributed by atoms with Gasteiger partial charge in [-0.2, -0.15) is 0 Å². The maximum atomic E-state index is 13.1. The van der Waals surface area contributed by atoms with Gasteiger partial charge in [0.1, 0.15) is 12.3 Å². The number of carbonyl (C=O) groups is 3. The van der Waals surface area contributed by atoms with Crippen molar-refractivity contribution in [1.82, 2.24) is 0 Å². The summed E-state index contributed by atoms with van der Waals surface area (Å²) >= 11 is 0. The van der Waals surface area contributed by atoms with Gasteiger partial charge in [0, 0.05) is 12.8 Å². The molecule has 0 aliphatic rings. The SMILES string of the molecule is CCCCCCCCCCCCCCCC(=O)OC(C[N+](C)(C)C)C(C(=O)[O-])[14C](=O)CCCCCCCCCCCCCCC. The number of hydrogen-bond donors (Lipinski definition) is 0. The number of ketones is 1. The second-order valence-electron chi connectivity index (χ2n) is 14.7. The van der Waals surface area contributed by atoms with E-state index in [9.17, 15) is 19.5 Å². The highest BCUT2D eigenvalue weighted by Crippen LogP contribution is 2.20. The molecule has 0 aromatic heterocycles. The molecule has 6 nitrogen and oxygen atoms in total. The first kappa shape index (κ1) is 43.6. The molecule has 0 amide bonds. The summed E-state index contributed by atoms with van der Waals surface area (Å²) in [6, 6.07) is 0. The fourth-order valence-corrected chi connectivity index (χ4v) is 6.23. The van der Waals surface area contributed by atoms with E-state index < -0.39 is 24.0 Å². The van der Waals surface area contributed by atoms with Crippen molar-refractivity contribution in [2.75, 3.05) is 27.7 Å². The Morgan fingerprint density at radius 1 is 0.578 bits per heavy atom. The van der Waals surface area contributed by atoms with Gasteiger partial charge in [0.2, 0.25) is 0 Å². The Kier molecular flexibility index (Phi) is 29.0. The monoisotopic (exact) mass is 640 g/mol. The van der Waals surface area contributed by atoms with Crippen molar-refractivity contribution in [2.45, 2.75) is 200 Å². The standard InChI is InChI=1S/C39H75NO5/c1-6-8-10-12-14-16-18-20-22-24-26-28-30-32-35(41)38(39(43)44)36(34-40(3,4)5)45-37(42)33-31-29-27-25-23-21-19-17-15-13-11-9-7-2/h36,38H,6-34H2,1-5H3/i35+2. The van der Waals surface area contributed by atoms with Crippen LogP contribution in [0.25, 0.3) is 0 Å². The van der Waals surface area contributed by atoms with Crippen molar-refractivity contribution in [3.05, 3.63) is 0 Å². The van der Waals surface area contributed by atoms with Crippen molar-refractivity contribution in [1.29, 1.82) is 0 Å². The highest BCUT2D eigenvalue weighted by molar-refractivity contribution is 5.98. The number of hydrogen-bond acceptors (Lipinski definition) is 5. The lowest BCUT2D eigenvalue weighted by atomic mass is 10.0. The minimum absolute atomic E-state index is 0.195. The van der Waals surface area contributed by atoms with Crippen LogP contribution in [0, 0.1) is 5.92 Å². The summed E-state index contributed by atoms with van der Waals surface area (Å²) in [4.78, 5) is 37.9. The number of aliphatic carboxylic acids is 1. The van der Waals surface area contributed by atoms with E-state index in [1.807, 2.05) is 21.1 Å². The van der Waals surface area contributed by atoms with Crippen molar-refractivity contribution in [2.24, 2.45) is 5.92 Å². The molecular formula is C39H75NO5. The molecule has 0 N–H and O–H groups in total. The summed E-state index contributed by atoms with van der Waals surface area (Å²) in [6.07, 6.45) is 31.1. The van der Waals surface area contributed by atoms with Crippen molar-refractivity contribution < 1.29 is 28.7 Å². The van der Waals surface area contributed by atoms with E-state index in [-0.39, 0.29) is 25.2 Å². The Morgan fingerprint density at radius 2 is 0.911 bits per heavy atom. The van der Waals surface area contributed by atoms with Crippen LogP contribution in [-0.4, -0.2) is 56.0 Å². The molecule has 2 atom stereocenters. The van der Waals surface area contributed by atoms with Gasteiger partial charge in [-0.25, -0.2) is 0 Å². The van der Waals surface area contributed by atoms with Crippen LogP contribution in [0.2, 0.25) is 0 Å². The van der Waals surface area contributed by atoms with E-state index in [1.54, 1.807) is 0 Å². The molecule has 0 aliphatic heterocycles. The lowest BCUT2D eigenvalue weighted by Gasteiger charge is -2.33. The molecule has 0 aliphatic carbocycles. The highest BCUT2D eigenvalue weighted by Gasteiger charge is 2.36. The molecular weight excluding hydrogens is 564 g/mol. The van der Waals surface area contributed by atoms with Gasteiger partial charge in [-0.3, -0.25) is 9.59 Å². The molecule has 266 valence electrons. The third-order valence-corrected chi connectivity index (χ3v) is 8.99. The van der Waals surface area contributed by atoms with E-state index in [0.29, 0.717) is 10.9 Å². The number of nitrogens with zero attached hydrogens (tertiary/aromatic N) is 1. The number of ether oxygens (including phenoxy) is 1. The van der Waals surface area contributed by atoms with Crippen molar-refractivity contribution in [3.8, 4) is 0 Å². The molecule has 0 saturated carbocycles. The van der Waals surface area contributed by atoms with Crippen LogP contribution >= 0.6 is 0 Å². The van der Waals surface area contributed by atoms with E-state index in [4.69, 9.17) is 4.74 Å². The maximum Gasteiger partial charge on any atom is 0.306 e. The summed E-state index contributed by atoms with van der Waals surface area (Å²) in [5.41, 5.74) is 0. The second-order valence-corrected chi connectivity index (χ2v) is 14.7. The van der Waals surface area contributed by atoms with Gasteiger partial charge < -0.3 is 19.1 Å². The molecule has 6 heteroatoms. The molecule has 0 spiro atoms. The first-order valence-corrected chi connectivity index (χ1v) is 19.4. The van der Waals surface area contributed by atoms with Gasteiger partial charge in [-0.1, -0.05) is 168 Å². The molecule has 0 aromatic carbocycles. The predicted octanol–water partition coefficient (Wildman–Crippen LogP) is 9.50. The van der Waals surface area contributed by atoms with E-state index >= 15 is 0 Å². The Labute approximate surface area is 279 Å². The van der Waals surface area contributed by atoms with Gasteiger partial charge in [0.15, 0.2) is 6.10 Å². The van der Waals surface area contributed by atoms with Gasteiger partial charge >= 0.3 is 5.97 Å². The third kappa shape index (κ3) is 28.5. The smallest absolute Gasteiger partial charge is 0.306 e. The van der Waals surface area contributed by atoms with Crippen LogP contribution in [0.5, 0.6) is 0 Å². The number of Topliss-reactive ketones (excluding diaryl/α,β-unsaturated/α-hetero) is 1. The van der Waals surface area contributed by atoms with Crippen LogP contribution in [0.15, 0.2) is 0 Å². The number of likely N-dealkylation sites (N-methyl/N-ethyl adjacent to an activating group) is 1. The van der Waals surface area contributed by atoms with Crippen molar-refractivity contribution >= 4 is 17.7 Å². The van der Waals surface area contributed by atoms with Crippen LogP contribution in [-0.2, 0) is 19.1 Å². The minimum atomic E-state index is -1.43.